The van der Waals surface area contributed by atoms with Crippen LogP contribution < -0.4 is 10.9 Å². The van der Waals surface area contributed by atoms with Gasteiger partial charge in [-0.2, -0.15) is 0 Å². The number of benzene rings is 1. The lowest BCUT2D eigenvalue weighted by Crippen LogP contribution is -2.51. The lowest BCUT2D eigenvalue weighted by atomic mass is 9.82. The molecule has 0 bridgehead atoms. The monoisotopic (exact) mass is 239 g/mol. The molecule has 0 spiro atoms. The van der Waals surface area contributed by atoms with E-state index in [-0.39, 0.29) is 17.7 Å². The molecule has 0 radical (unpaired) electrons. The summed E-state index contributed by atoms with van der Waals surface area (Å²) in [5.74, 6) is 6.02. The SMILES string of the molecule is C=Nc1cccc2c1N(N)C1C=CC=CC1C2=O. The quantitative estimate of drug-likeness (QED) is 0.602. The molecule has 1 aromatic rings. The maximum Gasteiger partial charge on any atom is 0.174 e. The third kappa shape index (κ3) is 1.36. The summed E-state index contributed by atoms with van der Waals surface area (Å²) < 4.78 is 0. The first kappa shape index (κ1) is 10.9. The Hall–Kier alpha value is -2.20. The summed E-state index contributed by atoms with van der Waals surface area (Å²) in [6, 6.07) is 5.26. The molecule has 1 heterocycles. The molecule has 4 heteroatoms. The van der Waals surface area contributed by atoms with Crippen molar-refractivity contribution in [3.05, 3.63) is 48.1 Å². The van der Waals surface area contributed by atoms with Crippen molar-refractivity contribution in [2.45, 2.75) is 6.04 Å². The molecule has 90 valence electrons. The molecule has 2 atom stereocenters. The zero-order chi connectivity index (χ0) is 12.7. The van der Waals surface area contributed by atoms with E-state index in [4.69, 9.17) is 5.84 Å². The van der Waals surface area contributed by atoms with Gasteiger partial charge >= 0.3 is 0 Å². The Morgan fingerprint density at radius 2 is 2.06 bits per heavy atom. The molecule has 2 aliphatic rings. The molecule has 2 unspecified atom stereocenters. The highest BCUT2D eigenvalue weighted by molar-refractivity contribution is 6.08. The molecule has 0 saturated carbocycles. The van der Waals surface area contributed by atoms with E-state index in [0.717, 1.165) is 0 Å². The molecule has 4 nitrogen and oxygen atoms in total. The highest BCUT2D eigenvalue weighted by Crippen LogP contribution is 2.40. The van der Waals surface area contributed by atoms with Crippen molar-refractivity contribution in [3.63, 3.8) is 0 Å². The number of fused-ring (bicyclic) bond motifs is 2. The Labute approximate surface area is 105 Å². The molecule has 0 fully saturated rings. The molecule has 2 N–H and O–H groups in total. The number of anilines is 1. The van der Waals surface area contributed by atoms with E-state index >= 15 is 0 Å². The van der Waals surface area contributed by atoms with E-state index < -0.39 is 0 Å². The Bertz CT molecular complexity index is 589. The fourth-order valence-electron chi connectivity index (χ4n) is 2.56. The van der Waals surface area contributed by atoms with Gasteiger partial charge in [0.2, 0.25) is 0 Å². The highest BCUT2D eigenvalue weighted by Gasteiger charge is 2.38. The van der Waals surface area contributed by atoms with Gasteiger partial charge in [0.15, 0.2) is 5.78 Å². The molecule has 1 aliphatic heterocycles. The number of ketones is 1. The number of hydrazine groups is 1. The Kier molecular flexibility index (Phi) is 2.38. The number of hydrogen-bond acceptors (Lipinski definition) is 4. The minimum Gasteiger partial charge on any atom is -0.300 e. The van der Waals surface area contributed by atoms with Gasteiger partial charge in [0.25, 0.3) is 0 Å². The number of allylic oxidation sites excluding steroid dienone is 2. The summed E-state index contributed by atoms with van der Waals surface area (Å²) >= 11 is 0. The van der Waals surface area contributed by atoms with Crippen LogP contribution >= 0.6 is 0 Å². The highest BCUT2D eigenvalue weighted by atomic mass is 16.1. The number of carbonyl (C=O) groups is 1. The van der Waals surface area contributed by atoms with Crippen LogP contribution in [0.3, 0.4) is 0 Å². The predicted molar refractivity (Wildman–Crippen MR) is 72.2 cm³/mol. The molecule has 1 aromatic carbocycles. The standard InChI is InChI=1S/C14H13N3O/c1-16-11-7-4-6-10-13(11)17(15)12-8-3-2-5-9(12)14(10)18/h2-9,12H,1,15H2. The van der Waals surface area contributed by atoms with Crippen molar-refractivity contribution in [1.29, 1.82) is 0 Å². The summed E-state index contributed by atoms with van der Waals surface area (Å²) in [6.45, 7) is 3.53. The van der Waals surface area contributed by atoms with Crippen molar-refractivity contribution in [1.82, 2.24) is 0 Å². The van der Waals surface area contributed by atoms with Gasteiger partial charge in [0.1, 0.15) is 0 Å². The fourth-order valence-corrected chi connectivity index (χ4v) is 2.56. The summed E-state index contributed by atoms with van der Waals surface area (Å²) in [5, 5.41) is 1.62. The van der Waals surface area contributed by atoms with Crippen molar-refractivity contribution >= 4 is 23.9 Å². The first-order valence-electron chi connectivity index (χ1n) is 5.77. The van der Waals surface area contributed by atoms with E-state index in [9.17, 15) is 4.79 Å². The maximum atomic E-state index is 12.4. The van der Waals surface area contributed by atoms with Gasteiger partial charge < -0.3 is 5.01 Å². The van der Waals surface area contributed by atoms with Gasteiger partial charge in [-0.3, -0.25) is 9.79 Å². The number of para-hydroxylation sites is 1. The second-order valence-electron chi connectivity index (χ2n) is 4.39. The number of carbonyl (C=O) groups excluding carboxylic acids is 1. The first-order valence-corrected chi connectivity index (χ1v) is 5.77. The molecule has 0 aromatic heterocycles. The van der Waals surface area contributed by atoms with Crippen molar-refractivity contribution in [3.8, 4) is 0 Å². The third-order valence-corrected chi connectivity index (χ3v) is 3.44. The van der Waals surface area contributed by atoms with Crippen LogP contribution in [0, 0.1) is 5.92 Å². The Morgan fingerprint density at radius 1 is 1.28 bits per heavy atom. The van der Waals surface area contributed by atoms with E-state index in [1.54, 1.807) is 17.1 Å². The normalized spacial score (nSPS) is 24.7. The van der Waals surface area contributed by atoms with Crippen LogP contribution in [-0.4, -0.2) is 18.5 Å². The largest absolute Gasteiger partial charge is 0.300 e. The molecular weight excluding hydrogens is 226 g/mol. The van der Waals surface area contributed by atoms with Crippen LogP contribution in [0.15, 0.2) is 47.5 Å². The zero-order valence-electron chi connectivity index (χ0n) is 9.78. The Morgan fingerprint density at radius 3 is 2.83 bits per heavy atom. The van der Waals surface area contributed by atoms with Gasteiger partial charge in [0, 0.05) is 5.56 Å². The number of nitrogens with two attached hydrogens (primary N) is 1. The van der Waals surface area contributed by atoms with Crippen LogP contribution in [0.25, 0.3) is 0 Å². The molecule has 0 saturated heterocycles. The van der Waals surface area contributed by atoms with Gasteiger partial charge in [-0.25, -0.2) is 5.84 Å². The summed E-state index contributed by atoms with van der Waals surface area (Å²) in [5.41, 5.74) is 1.92. The van der Waals surface area contributed by atoms with Crippen molar-refractivity contribution in [2.24, 2.45) is 16.8 Å². The molecule has 3 rings (SSSR count). The van der Waals surface area contributed by atoms with Gasteiger partial charge in [-0.05, 0) is 18.9 Å². The van der Waals surface area contributed by atoms with E-state index in [1.165, 1.54) is 0 Å². The molecule has 18 heavy (non-hydrogen) atoms. The zero-order valence-corrected chi connectivity index (χ0v) is 9.78. The minimum absolute atomic E-state index is 0.0859. The number of hydrogen-bond donors (Lipinski definition) is 1. The van der Waals surface area contributed by atoms with Crippen LogP contribution in [-0.2, 0) is 0 Å². The minimum atomic E-state index is -0.215. The van der Waals surface area contributed by atoms with Crippen molar-refractivity contribution in [2.75, 3.05) is 5.01 Å². The number of nitrogens with zero attached hydrogens (tertiary/aromatic N) is 2. The Balaban J connectivity index is 2.23. The van der Waals surface area contributed by atoms with Gasteiger partial charge in [0.05, 0.1) is 23.3 Å². The average Bonchev–Trinajstić information content (AvgIpc) is 2.44. The summed E-state index contributed by atoms with van der Waals surface area (Å²) in [6.07, 6.45) is 7.62. The van der Waals surface area contributed by atoms with E-state index in [2.05, 4.69) is 11.7 Å². The summed E-state index contributed by atoms with van der Waals surface area (Å²) in [4.78, 5) is 16.4. The number of rotatable bonds is 1. The third-order valence-electron chi connectivity index (χ3n) is 3.44. The number of aliphatic imine (C=N–C) groups is 1. The molecule has 0 amide bonds. The van der Waals surface area contributed by atoms with Crippen LogP contribution in [0.2, 0.25) is 0 Å². The lowest BCUT2D eigenvalue weighted by molar-refractivity contribution is 0.0928. The number of Topliss-reactive ketones (excluding diaryl/α,β-unsaturated/α-hetero) is 1. The first-order chi connectivity index (χ1) is 8.74. The molecular formula is C14H13N3O. The topological polar surface area (TPSA) is 58.7 Å². The maximum absolute atomic E-state index is 12.4. The smallest absolute Gasteiger partial charge is 0.174 e. The average molecular weight is 239 g/mol. The second kappa shape index (κ2) is 3.92. The van der Waals surface area contributed by atoms with E-state index in [1.807, 2.05) is 30.4 Å². The fraction of sp³-hybridized carbons (Fsp3) is 0.143. The second-order valence-corrected chi connectivity index (χ2v) is 4.39. The van der Waals surface area contributed by atoms with Gasteiger partial charge in [-0.1, -0.05) is 30.4 Å². The van der Waals surface area contributed by atoms with Crippen LogP contribution in [0.5, 0.6) is 0 Å². The van der Waals surface area contributed by atoms with E-state index in [0.29, 0.717) is 16.9 Å². The van der Waals surface area contributed by atoms with Gasteiger partial charge in [-0.15, -0.1) is 0 Å². The van der Waals surface area contributed by atoms with Crippen LogP contribution in [0.4, 0.5) is 11.4 Å². The van der Waals surface area contributed by atoms with Crippen molar-refractivity contribution < 1.29 is 4.79 Å². The lowest BCUT2D eigenvalue weighted by Gasteiger charge is -2.38. The van der Waals surface area contributed by atoms with Crippen LogP contribution in [0.1, 0.15) is 10.4 Å². The predicted octanol–water partition coefficient (Wildman–Crippen LogP) is 2.01. The molecule has 1 aliphatic carbocycles. The summed E-state index contributed by atoms with van der Waals surface area (Å²) in [7, 11) is 0.